The molecular formula is C11H17O3P. The molecule has 0 spiro atoms. The third-order valence-electron chi connectivity index (χ3n) is 2.29. The average molecular weight is 228 g/mol. The maximum absolute atomic E-state index is 12.2. The molecule has 0 aromatic heterocycles. The third-order valence-corrected chi connectivity index (χ3v) is 4.27. The van der Waals surface area contributed by atoms with Gasteiger partial charge in [0, 0.05) is 14.2 Å². The molecule has 0 radical (unpaired) electrons. The fourth-order valence-electron chi connectivity index (χ4n) is 1.53. The van der Waals surface area contributed by atoms with Gasteiger partial charge < -0.3 is 9.05 Å². The summed E-state index contributed by atoms with van der Waals surface area (Å²) in [6.45, 7) is 2.08. The van der Waals surface area contributed by atoms with Gasteiger partial charge in [-0.3, -0.25) is 4.57 Å². The summed E-state index contributed by atoms with van der Waals surface area (Å²) in [5, 5.41) is 0.678. The highest BCUT2D eigenvalue weighted by atomic mass is 31.2. The minimum Gasteiger partial charge on any atom is -0.309 e. The van der Waals surface area contributed by atoms with E-state index in [4.69, 9.17) is 9.05 Å². The molecule has 3 nitrogen and oxygen atoms in total. The van der Waals surface area contributed by atoms with E-state index in [0.717, 1.165) is 18.4 Å². The molecule has 0 aliphatic carbocycles. The van der Waals surface area contributed by atoms with E-state index in [1.54, 1.807) is 6.07 Å². The lowest BCUT2D eigenvalue weighted by atomic mass is 10.1. The van der Waals surface area contributed by atoms with Gasteiger partial charge in [-0.15, -0.1) is 0 Å². The molecule has 0 N–H and O–H groups in total. The van der Waals surface area contributed by atoms with Gasteiger partial charge in [0.05, 0.1) is 5.30 Å². The van der Waals surface area contributed by atoms with Gasteiger partial charge in [0.15, 0.2) is 0 Å². The van der Waals surface area contributed by atoms with Gasteiger partial charge in [-0.05, 0) is 18.1 Å². The van der Waals surface area contributed by atoms with E-state index in [1.807, 2.05) is 18.2 Å². The molecule has 0 aliphatic rings. The molecule has 1 aromatic rings. The van der Waals surface area contributed by atoms with Crippen molar-refractivity contribution in [1.29, 1.82) is 0 Å². The van der Waals surface area contributed by atoms with Gasteiger partial charge in [0.25, 0.3) is 0 Å². The van der Waals surface area contributed by atoms with Crippen molar-refractivity contribution in [1.82, 2.24) is 0 Å². The number of hydrogen-bond acceptors (Lipinski definition) is 3. The topological polar surface area (TPSA) is 35.5 Å². The first-order valence-electron chi connectivity index (χ1n) is 4.98. The van der Waals surface area contributed by atoms with Crippen LogP contribution in [0.3, 0.4) is 0 Å². The van der Waals surface area contributed by atoms with Crippen molar-refractivity contribution in [3.8, 4) is 0 Å². The van der Waals surface area contributed by atoms with E-state index in [2.05, 4.69) is 6.92 Å². The fraction of sp³-hybridized carbons (Fsp3) is 0.455. The number of benzene rings is 1. The maximum Gasteiger partial charge on any atom is 0.361 e. The van der Waals surface area contributed by atoms with Crippen molar-refractivity contribution in [2.24, 2.45) is 0 Å². The van der Waals surface area contributed by atoms with Gasteiger partial charge in [0.1, 0.15) is 0 Å². The van der Waals surface area contributed by atoms with Gasteiger partial charge >= 0.3 is 7.60 Å². The summed E-state index contributed by atoms with van der Waals surface area (Å²) in [5.74, 6) is 0. The molecule has 0 saturated heterocycles. The second-order valence-corrected chi connectivity index (χ2v) is 5.45. The molecule has 1 rings (SSSR count). The van der Waals surface area contributed by atoms with E-state index in [1.165, 1.54) is 14.2 Å². The van der Waals surface area contributed by atoms with Crippen LogP contribution < -0.4 is 5.30 Å². The largest absolute Gasteiger partial charge is 0.361 e. The molecule has 0 saturated carbocycles. The quantitative estimate of drug-likeness (QED) is 0.727. The predicted molar refractivity (Wildman–Crippen MR) is 61.7 cm³/mol. The van der Waals surface area contributed by atoms with Crippen molar-refractivity contribution in [2.45, 2.75) is 19.8 Å². The first-order chi connectivity index (χ1) is 7.18. The van der Waals surface area contributed by atoms with Crippen molar-refractivity contribution < 1.29 is 13.6 Å². The Morgan fingerprint density at radius 2 is 1.80 bits per heavy atom. The zero-order chi connectivity index (χ0) is 11.3. The Labute approximate surface area is 90.9 Å². The van der Waals surface area contributed by atoms with Crippen LogP contribution in [0, 0.1) is 0 Å². The monoisotopic (exact) mass is 228 g/mol. The van der Waals surface area contributed by atoms with Crippen molar-refractivity contribution >= 4 is 12.9 Å². The summed E-state index contributed by atoms with van der Waals surface area (Å²) in [4.78, 5) is 0. The van der Waals surface area contributed by atoms with Crippen molar-refractivity contribution in [3.63, 3.8) is 0 Å². The average Bonchev–Trinajstić information content (AvgIpc) is 2.29. The lowest BCUT2D eigenvalue weighted by Crippen LogP contribution is -2.13. The molecule has 0 heterocycles. The highest BCUT2D eigenvalue weighted by Gasteiger charge is 2.26. The zero-order valence-electron chi connectivity index (χ0n) is 9.40. The predicted octanol–water partition coefficient (Wildman–Crippen LogP) is 2.75. The van der Waals surface area contributed by atoms with Gasteiger partial charge in [-0.2, -0.15) is 0 Å². The second kappa shape index (κ2) is 5.45. The van der Waals surface area contributed by atoms with Crippen LogP contribution >= 0.6 is 7.60 Å². The molecular weight excluding hydrogens is 211 g/mol. The van der Waals surface area contributed by atoms with Gasteiger partial charge in [-0.25, -0.2) is 0 Å². The molecule has 15 heavy (non-hydrogen) atoms. The Hall–Kier alpha value is -0.630. The molecule has 84 valence electrons. The smallest absolute Gasteiger partial charge is 0.309 e. The molecule has 4 heteroatoms. The Morgan fingerprint density at radius 3 is 2.33 bits per heavy atom. The molecule has 0 atom stereocenters. The minimum atomic E-state index is -3.10. The molecule has 0 bridgehead atoms. The Balaban J connectivity index is 3.17. The van der Waals surface area contributed by atoms with Crippen LogP contribution in [0.25, 0.3) is 0 Å². The van der Waals surface area contributed by atoms with E-state index >= 15 is 0 Å². The van der Waals surface area contributed by atoms with E-state index in [9.17, 15) is 4.57 Å². The van der Waals surface area contributed by atoms with Crippen LogP contribution in [-0.4, -0.2) is 14.2 Å². The molecule has 0 aliphatic heterocycles. The first-order valence-corrected chi connectivity index (χ1v) is 6.52. The number of aryl methyl sites for hydroxylation is 1. The highest BCUT2D eigenvalue weighted by Crippen LogP contribution is 2.45. The summed E-state index contributed by atoms with van der Waals surface area (Å²) in [6, 6.07) is 7.55. The second-order valence-electron chi connectivity index (χ2n) is 3.24. The van der Waals surface area contributed by atoms with Gasteiger partial charge in [0.2, 0.25) is 0 Å². The molecule has 0 amide bonds. The van der Waals surface area contributed by atoms with E-state index < -0.39 is 7.60 Å². The SMILES string of the molecule is CCCc1ccccc1P(=O)(OC)OC. The van der Waals surface area contributed by atoms with Crippen LogP contribution in [0.15, 0.2) is 24.3 Å². The summed E-state index contributed by atoms with van der Waals surface area (Å²) >= 11 is 0. The van der Waals surface area contributed by atoms with Crippen molar-refractivity contribution in [3.05, 3.63) is 29.8 Å². The van der Waals surface area contributed by atoms with Crippen LogP contribution in [0.1, 0.15) is 18.9 Å². The molecule has 0 unspecified atom stereocenters. The Morgan fingerprint density at radius 1 is 1.20 bits per heavy atom. The molecule has 0 fully saturated rings. The zero-order valence-corrected chi connectivity index (χ0v) is 10.3. The highest BCUT2D eigenvalue weighted by molar-refractivity contribution is 7.62. The summed E-state index contributed by atoms with van der Waals surface area (Å²) in [5.41, 5.74) is 1.03. The van der Waals surface area contributed by atoms with E-state index in [-0.39, 0.29) is 0 Å². The van der Waals surface area contributed by atoms with Crippen molar-refractivity contribution in [2.75, 3.05) is 14.2 Å². The lowest BCUT2D eigenvalue weighted by Gasteiger charge is -2.16. The van der Waals surface area contributed by atoms with Gasteiger partial charge in [-0.1, -0.05) is 31.5 Å². The van der Waals surface area contributed by atoms with E-state index in [0.29, 0.717) is 5.30 Å². The molecule has 1 aromatic carbocycles. The third kappa shape index (κ3) is 2.69. The standard InChI is InChI=1S/C11H17O3P/c1-4-7-10-8-5-6-9-11(10)15(12,13-2)14-3/h5-6,8-9H,4,7H2,1-3H3. The lowest BCUT2D eigenvalue weighted by molar-refractivity contribution is 0.287. The summed E-state index contributed by atoms with van der Waals surface area (Å²) in [7, 11) is -0.281. The first kappa shape index (κ1) is 12.4. The van der Waals surface area contributed by atoms with Crippen LogP contribution in [0.2, 0.25) is 0 Å². The van der Waals surface area contributed by atoms with Crippen LogP contribution in [0.4, 0.5) is 0 Å². The van der Waals surface area contributed by atoms with Crippen LogP contribution in [0.5, 0.6) is 0 Å². The Kier molecular flexibility index (Phi) is 4.52. The normalized spacial score (nSPS) is 11.7. The number of hydrogen-bond donors (Lipinski definition) is 0. The summed E-state index contributed by atoms with van der Waals surface area (Å²) < 4.78 is 22.2. The maximum atomic E-state index is 12.2. The fourth-order valence-corrected chi connectivity index (χ4v) is 2.88. The van der Waals surface area contributed by atoms with Crippen LogP contribution in [-0.2, 0) is 20.0 Å². The Bertz CT molecular complexity index is 355. The number of rotatable bonds is 5. The minimum absolute atomic E-state index is 0.678. The summed E-state index contributed by atoms with van der Waals surface area (Å²) in [6.07, 6.45) is 1.89.